The van der Waals surface area contributed by atoms with Crippen LogP contribution in [-0.4, -0.2) is 63.8 Å². The summed E-state index contributed by atoms with van der Waals surface area (Å²) in [7, 11) is 1.56. The average Bonchev–Trinajstić information content (AvgIpc) is 3.83. The Bertz CT molecular complexity index is 1680. The number of pyridine rings is 1. The monoisotopic (exact) mass is 682 g/mol. The number of methoxy groups -OCH3 is 1. The summed E-state index contributed by atoms with van der Waals surface area (Å²) in [6, 6.07) is 9.85. The number of hydrogen-bond donors (Lipinski definition) is 4. The van der Waals surface area contributed by atoms with E-state index >= 15 is 0 Å². The normalized spacial score (nSPS) is 15.3. The number of nitrogens with one attached hydrogen (secondary N) is 3. The Morgan fingerprint density at radius 1 is 1.18 bits per heavy atom. The Morgan fingerprint density at radius 2 is 1.88 bits per heavy atom. The summed E-state index contributed by atoms with van der Waals surface area (Å²) in [6.45, 7) is 17.4. The Hall–Kier alpha value is -4.90. The zero-order valence-electron chi connectivity index (χ0n) is 30.8. The predicted octanol–water partition coefficient (Wildman–Crippen LogP) is 7.31. The molecule has 2 fully saturated rings. The molecule has 0 atom stereocenters. The molecule has 268 valence electrons. The first-order valence-electron chi connectivity index (χ1n) is 17.4. The summed E-state index contributed by atoms with van der Waals surface area (Å²) in [5.41, 5.74) is 11.1. The van der Waals surface area contributed by atoms with Gasteiger partial charge in [0.15, 0.2) is 11.6 Å². The zero-order chi connectivity index (χ0) is 36.8. The molecule has 5 N–H and O–H groups in total. The van der Waals surface area contributed by atoms with Crippen LogP contribution < -0.4 is 15.8 Å². The van der Waals surface area contributed by atoms with Crippen molar-refractivity contribution in [3.05, 3.63) is 83.2 Å². The number of benzene rings is 1. The number of likely N-dealkylation sites (tertiary alicyclic amines) is 1. The Labute approximate surface area is 297 Å². The molecule has 1 amide bonds. The van der Waals surface area contributed by atoms with E-state index in [1.165, 1.54) is 43.7 Å². The average molecular weight is 683 g/mol. The number of anilines is 1. The van der Waals surface area contributed by atoms with Gasteiger partial charge in [0.2, 0.25) is 0 Å². The lowest BCUT2D eigenvalue weighted by Gasteiger charge is -2.36. The number of aliphatic imine (C=N–C) groups is 1. The van der Waals surface area contributed by atoms with Gasteiger partial charge in [0, 0.05) is 55.5 Å². The fourth-order valence-corrected chi connectivity index (χ4v) is 5.26. The lowest BCUT2D eigenvalue weighted by Crippen LogP contribution is -2.44. The molecular weight excluding hydrogens is 628 g/mol. The Morgan fingerprint density at radius 3 is 2.42 bits per heavy atom. The van der Waals surface area contributed by atoms with Gasteiger partial charge in [0.05, 0.1) is 30.4 Å². The molecule has 0 radical (unpaired) electrons. The second-order valence-electron chi connectivity index (χ2n) is 13.1. The van der Waals surface area contributed by atoms with Crippen molar-refractivity contribution in [2.24, 2.45) is 28.5 Å². The summed E-state index contributed by atoms with van der Waals surface area (Å²) in [6.07, 6.45) is 10.9. The quantitative estimate of drug-likeness (QED) is 0.0878. The maximum atomic E-state index is 12.5. The number of amides is 1. The molecule has 5 rings (SSSR count). The topological polar surface area (TPSA) is 162 Å². The molecule has 0 spiro atoms. The third-order valence-corrected chi connectivity index (χ3v) is 7.93. The number of aromatic amines is 1. The highest BCUT2D eigenvalue weighted by Gasteiger charge is 2.29. The van der Waals surface area contributed by atoms with E-state index in [-0.39, 0.29) is 29.4 Å². The van der Waals surface area contributed by atoms with E-state index in [1.54, 1.807) is 7.11 Å². The van der Waals surface area contributed by atoms with Gasteiger partial charge < -0.3 is 26.2 Å². The van der Waals surface area contributed by atoms with Crippen LogP contribution >= 0.6 is 0 Å². The van der Waals surface area contributed by atoms with Crippen molar-refractivity contribution in [3.63, 3.8) is 0 Å². The number of nitrogens with two attached hydrogens (primary N) is 1. The molecular formula is C39H54N8O3. The molecule has 0 unspecified atom stereocenters. The van der Waals surface area contributed by atoms with Crippen molar-refractivity contribution in [2.45, 2.75) is 74.3 Å². The first-order chi connectivity index (χ1) is 23.9. The van der Waals surface area contributed by atoms with Crippen LogP contribution in [0.3, 0.4) is 0 Å². The minimum atomic E-state index is -0.243. The minimum absolute atomic E-state index is 0.0254. The van der Waals surface area contributed by atoms with E-state index in [1.807, 2.05) is 64.2 Å². The maximum absolute atomic E-state index is 12.5. The predicted molar refractivity (Wildman–Crippen MR) is 204 cm³/mol. The van der Waals surface area contributed by atoms with Gasteiger partial charge in [-0.05, 0) is 61.9 Å². The van der Waals surface area contributed by atoms with Crippen molar-refractivity contribution in [3.8, 4) is 5.75 Å². The number of Topliss-reactive ketones (excluding diaryl/α,β-unsaturated/α-hetero) is 1. The smallest absolute Gasteiger partial charge is 0.250 e. The highest BCUT2D eigenvalue weighted by molar-refractivity contribution is 6.11. The second-order valence-corrected chi connectivity index (χ2v) is 13.1. The largest absolute Gasteiger partial charge is 0.494 e. The number of ether oxygens (including phenoxy) is 1. The molecule has 50 heavy (non-hydrogen) atoms. The van der Waals surface area contributed by atoms with Crippen LogP contribution in [-0.2, 0) is 11.3 Å². The van der Waals surface area contributed by atoms with Crippen LogP contribution in [0.1, 0.15) is 93.9 Å². The number of aryl methyl sites for hydroxylation is 1. The Kier molecular flexibility index (Phi) is 15.3. The Balaban J connectivity index is 0.000000371. The molecule has 1 saturated carbocycles. The van der Waals surface area contributed by atoms with E-state index in [2.05, 4.69) is 57.0 Å². The van der Waals surface area contributed by atoms with E-state index in [0.29, 0.717) is 34.2 Å². The molecule has 3 heterocycles. The van der Waals surface area contributed by atoms with Crippen LogP contribution in [0.25, 0.3) is 11.3 Å². The van der Waals surface area contributed by atoms with Gasteiger partial charge in [-0.25, -0.2) is 4.98 Å². The van der Waals surface area contributed by atoms with Crippen LogP contribution in [0.4, 0.5) is 5.69 Å². The SMILES string of the molecule is C/C=C(\C=N)c1c(C)ccc(N/C(=C/C(N)=NC(=O)C2CC2)c2ncc(C(=O)C(C)C)[nH]2)c1OC.CC1CN(Cc2ccccn2)C1.CCC. The van der Waals surface area contributed by atoms with Gasteiger partial charge in [-0.3, -0.25) is 19.5 Å². The molecule has 11 heteroatoms. The van der Waals surface area contributed by atoms with Gasteiger partial charge in [0.1, 0.15) is 17.3 Å². The molecule has 2 aromatic heterocycles. The summed E-state index contributed by atoms with van der Waals surface area (Å²) in [5.74, 6) is 1.21. The first kappa shape index (κ1) is 39.5. The zero-order valence-corrected chi connectivity index (χ0v) is 30.8. The minimum Gasteiger partial charge on any atom is -0.494 e. The number of ketones is 1. The third kappa shape index (κ3) is 11.3. The summed E-state index contributed by atoms with van der Waals surface area (Å²) >= 11 is 0. The van der Waals surface area contributed by atoms with Gasteiger partial charge in [-0.1, -0.05) is 59.2 Å². The lowest BCUT2D eigenvalue weighted by atomic mass is 9.98. The van der Waals surface area contributed by atoms with Crippen molar-refractivity contribution < 1.29 is 14.3 Å². The van der Waals surface area contributed by atoms with Gasteiger partial charge in [-0.15, -0.1) is 0 Å². The molecule has 0 bridgehead atoms. The fraction of sp³-hybridized carbons (Fsp3) is 0.436. The van der Waals surface area contributed by atoms with E-state index in [0.717, 1.165) is 36.4 Å². The molecule has 11 nitrogen and oxygen atoms in total. The number of H-pyrrole nitrogens is 1. The van der Waals surface area contributed by atoms with E-state index < -0.39 is 0 Å². The van der Waals surface area contributed by atoms with Crippen LogP contribution in [0.5, 0.6) is 5.75 Å². The number of amidine groups is 1. The summed E-state index contributed by atoms with van der Waals surface area (Å²) < 4.78 is 5.73. The third-order valence-electron chi connectivity index (χ3n) is 7.93. The number of nitrogens with zero attached hydrogens (tertiary/aromatic N) is 4. The molecule has 1 aliphatic carbocycles. The summed E-state index contributed by atoms with van der Waals surface area (Å²) in [5, 5.41) is 11.1. The van der Waals surface area contributed by atoms with Gasteiger partial charge in [0.25, 0.3) is 5.91 Å². The van der Waals surface area contributed by atoms with Gasteiger partial charge >= 0.3 is 0 Å². The van der Waals surface area contributed by atoms with E-state index in [9.17, 15) is 9.59 Å². The molecule has 2 aliphatic rings. The molecule has 1 saturated heterocycles. The number of hydrogen-bond acceptors (Lipinski definition) is 8. The van der Waals surface area contributed by atoms with Crippen molar-refractivity contribution in [1.29, 1.82) is 5.41 Å². The highest BCUT2D eigenvalue weighted by atomic mass is 16.5. The second kappa shape index (κ2) is 19.3. The molecule has 1 aliphatic heterocycles. The van der Waals surface area contributed by atoms with Crippen molar-refractivity contribution in [2.75, 3.05) is 25.5 Å². The van der Waals surface area contributed by atoms with Crippen LogP contribution in [0, 0.1) is 30.1 Å². The fourth-order valence-electron chi connectivity index (χ4n) is 5.26. The maximum Gasteiger partial charge on any atom is 0.250 e. The lowest BCUT2D eigenvalue weighted by molar-refractivity contribution is -0.118. The number of imidazole rings is 1. The van der Waals surface area contributed by atoms with Crippen LogP contribution in [0.15, 0.2) is 59.9 Å². The molecule has 1 aromatic carbocycles. The first-order valence-corrected chi connectivity index (χ1v) is 17.4. The number of carbonyl (C=O) groups excluding carboxylic acids is 2. The number of carbonyl (C=O) groups is 2. The molecule has 3 aromatic rings. The highest BCUT2D eigenvalue weighted by Crippen LogP contribution is 2.37. The number of allylic oxidation sites excluding steroid dienone is 2. The number of aromatic nitrogens is 3. The van der Waals surface area contributed by atoms with Crippen molar-refractivity contribution >= 4 is 40.7 Å². The number of rotatable bonds is 12. The van der Waals surface area contributed by atoms with Crippen molar-refractivity contribution in [1.82, 2.24) is 19.9 Å². The summed E-state index contributed by atoms with van der Waals surface area (Å²) in [4.78, 5) is 42.7. The van der Waals surface area contributed by atoms with Gasteiger partial charge in [-0.2, -0.15) is 4.99 Å². The van der Waals surface area contributed by atoms with E-state index in [4.69, 9.17) is 15.9 Å². The van der Waals surface area contributed by atoms with Crippen LogP contribution in [0.2, 0.25) is 0 Å². The standard InChI is InChI=1S/C26H32N6O3.C10H14N2.C3H8/c1-6-16(12-27)22-15(4)7-10-18(24(22)35-5)30-19(11-21(28)32-26(34)17-8-9-17)25-29-13-20(31-25)23(33)14(2)3;1-9-6-12(7-9)8-10-4-2-3-5-11-10;1-3-2/h6-7,10-14,17,27,30H,8-9H2,1-5H3,(H,29,31)(H2,28,32,34);2-5,9H,6-8H2,1H3;3H2,1-2H3/b16-6+,19-11+,27-12?;;.